The Balaban J connectivity index is 1.37. The van der Waals surface area contributed by atoms with Gasteiger partial charge >= 0.3 is 0 Å². The maximum atomic E-state index is 11.2. The summed E-state index contributed by atoms with van der Waals surface area (Å²) < 4.78 is 5.79. The van der Waals surface area contributed by atoms with Crippen LogP contribution >= 0.6 is 11.6 Å². The molecule has 154 valence electrons. The lowest BCUT2D eigenvalue weighted by molar-refractivity contribution is -0.385. The number of halogens is 1. The summed E-state index contributed by atoms with van der Waals surface area (Å²) in [5.41, 5.74) is 0.899. The predicted octanol–water partition coefficient (Wildman–Crippen LogP) is 4.15. The molecule has 1 aliphatic rings. The van der Waals surface area contributed by atoms with E-state index in [1.54, 1.807) is 36.4 Å². The number of hydrogen-bond donors (Lipinski definition) is 0. The van der Waals surface area contributed by atoms with Gasteiger partial charge < -0.3 is 9.64 Å². The summed E-state index contributed by atoms with van der Waals surface area (Å²) in [5.74, 6) is 1.90. The zero-order valence-electron chi connectivity index (χ0n) is 16.1. The molecule has 4 rings (SSSR count). The van der Waals surface area contributed by atoms with E-state index in [0.717, 1.165) is 37.6 Å². The normalized spacial score (nSPS) is 14.5. The number of nitro benzene ring substituents is 1. The van der Waals surface area contributed by atoms with Gasteiger partial charge in [0.1, 0.15) is 17.9 Å². The molecule has 8 nitrogen and oxygen atoms in total. The number of benzene rings is 2. The molecule has 30 heavy (non-hydrogen) atoms. The van der Waals surface area contributed by atoms with Gasteiger partial charge in [0, 0.05) is 55.4 Å². The topological polar surface area (TPSA) is 84.6 Å². The van der Waals surface area contributed by atoms with Crippen molar-refractivity contribution < 1.29 is 9.66 Å². The van der Waals surface area contributed by atoms with Gasteiger partial charge in [-0.1, -0.05) is 29.8 Å². The molecule has 0 N–H and O–H groups in total. The van der Waals surface area contributed by atoms with Crippen LogP contribution in [-0.4, -0.2) is 46.0 Å². The van der Waals surface area contributed by atoms with E-state index < -0.39 is 0 Å². The van der Waals surface area contributed by atoms with Crippen molar-refractivity contribution in [2.75, 3.05) is 31.1 Å². The molecule has 0 spiro atoms. The minimum absolute atomic E-state index is 0.166. The van der Waals surface area contributed by atoms with Crippen LogP contribution in [0.5, 0.6) is 11.6 Å². The number of rotatable bonds is 6. The van der Waals surface area contributed by atoms with E-state index in [1.165, 1.54) is 6.33 Å². The number of ether oxygens (including phenoxy) is 1. The van der Waals surface area contributed by atoms with E-state index in [-0.39, 0.29) is 10.6 Å². The Morgan fingerprint density at radius 2 is 1.77 bits per heavy atom. The third-order valence-corrected chi connectivity index (χ3v) is 5.19. The largest absolute Gasteiger partial charge is 0.439 e. The van der Waals surface area contributed by atoms with Gasteiger partial charge in [0.2, 0.25) is 5.88 Å². The first-order valence-electron chi connectivity index (χ1n) is 9.53. The molecule has 3 aromatic rings. The first-order chi connectivity index (χ1) is 14.6. The quantitative estimate of drug-likeness (QED) is 0.433. The Kier molecular flexibility index (Phi) is 6.06. The molecule has 0 aliphatic carbocycles. The first kappa shape index (κ1) is 20.1. The smallest absolute Gasteiger partial charge is 0.273 e. The van der Waals surface area contributed by atoms with Crippen LogP contribution in [0.15, 0.2) is 60.9 Å². The number of nitrogens with zero attached hydrogens (tertiary/aromatic N) is 5. The highest BCUT2D eigenvalue weighted by Gasteiger charge is 2.21. The van der Waals surface area contributed by atoms with Crippen LogP contribution in [0.1, 0.15) is 5.56 Å². The van der Waals surface area contributed by atoms with Crippen LogP contribution in [0.4, 0.5) is 11.5 Å². The second-order valence-electron chi connectivity index (χ2n) is 6.92. The summed E-state index contributed by atoms with van der Waals surface area (Å²) in [4.78, 5) is 23.8. The molecule has 0 atom stereocenters. The molecule has 9 heteroatoms. The highest BCUT2D eigenvalue weighted by Crippen LogP contribution is 2.25. The van der Waals surface area contributed by atoms with Crippen molar-refractivity contribution >= 4 is 23.1 Å². The average molecular weight is 426 g/mol. The monoisotopic (exact) mass is 425 g/mol. The summed E-state index contributed by atoms with van der Waals surface area (Å²) in [6.07, 6.45) is 1.49. The summed E-state index contributed by atoms with van der Waals surface area (Å²) in [5, 5.41) is 11.9. The molecule has 0 amide bonds. The van der Waals surface area contributed by atoms with Gasteiger partial charge in [-0.15, -0.1) is 0 Å². The fraction of sp³-hybridized carbons (Fsp3) is 0.238. The van der Waals surface area contributed by atoms with E-state index in [0.29, 0.717) is 23.2 Å². The van der Waals surface area contributed by atoms with Crippen LogP contribution in [0.25, 0.3) is 0 Å². The number of aromatic nitrogens is 2. The SMILES string of the molecule is O=[N+]([O-])c1ccccc1CN1CCN(c2cc(Oc3ccc(Cl)cc3)ncn2)CC1. The van der Waals surface area contributed by atoms with E-state index >= 15 is 0 Å². The summed E-state index contributed by atoms with van der Waals surface area (Å²) in [7, 11) is 0. The zero-order valence-corrected chi connectivity index (χ0v) is 16.9. The molecule has 2 aromatic carbocycles. The number of hydrogen-bond acceptors (Lipinski definition) is 7. The lowest BCUT2D eigenvalue weighted by Gasteiger charge is -2.35. The third kappa shape index (κ3) is 4.84. The highest BCUT2D eigenvalue weighted by molar-refractivity contribution is 6.30. The van der Waals surface area contributed by atoms with E-state index in [4.69, 9.17) is 16.3 Å². The molecule has 0 radical (unpaired) electrons. The fourth-order valence-corrected chi connectivity index (χ4v) is 3.51. The fourth-order valence-electron chi connectivity index (χ4n) is 3.38. The predicted molar refractivity (Wildman–Crippen MR) is 114 cm³/mol. The Morgan fingerprint density at radius 3 is 2.50 bits per heavy atom. The van der Waals surface area contributed by atoms with E-state index in [9.17, 15) is 10.1 Å². The lowest BCUT2D eigenvalue weighted by atomic mass is 10.1. The molecule has 1 fully saturated rings. The van der Waals surface area contributed by atoms with Gasteiger partial charge in [-0.25, -0.2) is 9.97 Å². The molecule has 0 saturated carbocycles. The van der Waals surface area contributed by atoms with Crippen molar-refractivity contribution in [1.82, 2.24) is 14.9 Å². The third-order valence-electron chi connectivity index (χ3n) is 4.94. The first-order valence-corrected chi connectivity index (χ1v) is 9.91. The van der Waals surface area contributed by atoms with Gasteiger partial charge in [-0.2, -0.15) is 0 Å². The van der Waals surface area contributed by atoms with Crippen LogP contribution in [0, 0.1) is 10.1 Å². The highest BCUT2D eigenvalue weighted by atomic mass is 35.5. The summed E-state index contributed by atoms with van der Waals surface area (Å²) in [6.45, 7) is 3.64. The van der Waals surface area contributed by atoms with Crippen LogP contribution < -0.4 is 9.64 Å². The van der Waals surface area contributed by atoms with Crippen molar-refractivity contribution in [2.45, 2.75) is 6.54 Å². The van der Waals surface area contributed by atoms with Gasteiger partial charge in [-0.3, -0.25) is 15.0 Å². The Bertz CT molecular complexity index is 1020. The Morgan fingerprint density at radius 1 is 1.03 bits per heavy atom. The second-order valence-corrected chi connectivity index (χ2v) is 7.36. The van der Waals surface area contributed by atoms with Gasteiger partial charge in [0.05, 0.1) is 4.92 Å². The maximum Gasteiger partial charge on any atom is 0.273 e. The minimum atomic E-state index is -0.325. The zero-order chi connectivity index (χ0) is 20.9. The van der Waals surface area contributed by atoms with Crippen LogP contribution in [-0.2, 0) is 6.54 Å². The van der Waals surface area contributed by atoms with Crippen molar-refractivity contribution in [3.05, 3.63) is 81.6 Å². The second kappa shape index (κ2) is 9.06. The molecular weight excluding hydrogens is 406 g/mol. The van der Waals surface area contributed by atoms with E-state index in [1.807, 2.05) is 18.2 Å². The molecule has 1 aromatic heterocycles. The maximum absolute atomic E-state index is 11.2. The van der Waals surface area contributed by atoms with Crippen molar-refractivity contribution in [3.63, 3.8) is 0 Å². The van der Waals surface area contributed by atoms with Crippen LogP contribution in [0.2, 0.25) is 5.02 Å². The minimum Gasteiger partial charge on any atom is -0.439 e. The average Bonchev–Trinajstić information content (AvgIpc) is 2.76. The van der Waals surface area contributed by atoms with Crippen molar-refractivity contribution in [3.8, 4) is 11.6 Å². The molecule has 0 unspecified atom stereocenters. The van der Waals surface area contributed by atoms with Gasteiger partial charge in [0.25, 0.3) is 5.69 Å². The number of nitro groups is 1. The number of piperazine rings is 1. The molecule has 2 heterocycles. The summed E-state index contributed by atoms with van der Waals surface area (Å²) in [6, 6.07) is 15.8. The van der Waals surface area contributed by atoms with Gasteiger partial charge in [-0.05, 0) is 24.3 Å². The molecule has 1 aliphatic heterocycles. The summed E-state index contributed by atoms with van der Waals surface area (Å²) >= 11 is 5.90. The van der Waals surface area contributed by atoms with E-state index in [2.05, 4.69) is 19.8 Å². The van der Waals surface area contributed by atoms with Crippen LogP contribution in [0.3, 0.4) is 0 Å². The lowest BCUT2D eigenvalue weighted by Crippen LogP contribution is -2.46. The molecule has 1 saturated heterocycles. The number of anilines is 1. The Hall–Kier alpha value is -3.23. The van der Waals surface area contributed by atoms with Gasteiger partial charge in [0.15, 0.2) is 0 Å². The van der Waals surface area contributed by atoms with Crippen molar-refractivity contribution in [1.29, 1.82) is 0 Å². The Labute approximate surface area is 178 Å². The van der Waals surface area contributed by atoms with Crippen molar-refractivity contribution in [2.24, 2.45) is 0 Å². The standard InChI is InChI=1S/C21H20ClN5O3/c22-17-5-7-18(8-6-17)30-21-13-20(23-15-24-21)26-11-9-25(10-12-26)14-16-3-1-2-4-19(16)27(28)29/h1-8,13,15H,9-12,14H2. The number of para-hydroxylation sites is 1. The molecular formula is C21H20ClN5O3. The molecule has 0 bridgehead atoms.